The van der Waals surface area contributed by atoms with E-state index in [0.29, 0.717) is 46.4 Å². The number of hydrogen-bond acceptors (Lipinski definition) is 22. The normalized spacial score (nSPS) is 18.1. The van der Waals surface area contributed by atoms with Crippen LogP contribution >= 0.6 is 68.8 Å². The number of ether oxygens (including phenoxy) is 2. The van der Waals surface area contributed by atoms with Crippen LogP contribution in [0.2, 0.25) is 15.1 Å². The van der Waals surface area contributed by atoms with Crippen LogP contribution in [0.25, 0.3) is 0 Å². The number of nitrogens with one attached hydrogen (secondary N) is 3. The quantitative estimate of drug-likeness (QED) is 0.0518. The van der Waals surface area contributed by atoms with Gasteiger partial charge in [0.1, 0.15) is 49.2 Å². The van der Waals surface area contributed by atoms with Crippen molar-refractivity contribution in [1.29, 1.82) is 0 Å². The molecular formula is C61H77Cl3F4N12O10S6. The lowest BCUT2D eigenvalue weighted by Crippen LogP contribution is -2.44. The number of thiazole rings is 3. The second-order valence-electron chi connectivity index (χ2n) is 26.1. The average molecular weight is 1510 g/mol. The van der Waals surface area contributed by atoms with Gasteiger partial charge in [-0.15, -0.1) is 42.6 Å². The zero-order valence-electron chi connectivity index (χ0n) is 53.6. The molecule has 12 rings (SSSR count). The summed E-state index contributed by atoms with van der Waals surface area (Å²) in [5.74, 6) is -4.71. The summed E-state index contributed by atoms with van der Waals surface area (Å²) in [6, 6.07) is 5.30. The molecule has 0 bridgehead atoms. The van der Waals surface area contributed by atoms with Crippen LogP contribution in [0.15, 0.2) is 83.8 Å². The molecule has 0 radical (unpaired) electrons. The highest BCUT2D eigenvalue weighted by molar-refractivity contribution is 7.94. The Labute approximate surface area is 584 Å². The monoisotopic (exact) mass is 1510 g/mol. The lowest BCUT2D eigenvalue weighted by Gasteiger charge is -2.32. The van der Waals surface area contributed by atoms with Gasteiger partial charge < -0.3 is 25.8 Å². The predicted octanol–water partition coefficient (Wildman–Crippen LogP) is 13.7. The van der Waals surface area contributed by atoms with Crippen LogP contribution in [-0.2, 0) is 39.5 Å². The first kappa shape index (κ1) is 75.0. The van der Waals surface area contributed by atoms with Crippen molar-refractivity contribution in [2.75, 3.05) is 82.9 Å². The highest BCUT2D eigenvalue weighted by Gasteiger charge is 2.47. The standard InChI is InChI=1S/C22H28ClFN4O4S2.C17H20ClFN4O2S2.C14H13ClF2N2O4S2.C8H16N2/c1-21(2,3)32-20(29)28(19-12-33-14-26-19)34(30,31)18-10-15(23)17(11-16(18)24)25-13-22-6-4-8-27(22)9-5-7-22;18-12-7-15(27(24,25)22-16-9-26-11-21-16)13(19)8-14(12)20-10-17-3-1-5-23(17)6-2-4-17;1-14(2,3)23-13(20)19(12-6-24-7-18-12)25(21,22)11-4-8(15)9(16)5-10(11)17;9-7-8-3-1-5-10(8)6-2-4-8/h10-12,14,25H,4-9,13H2,1-3H3;7-9,11,20,22H,1-6,10H2;4-7H,1-3H3;1-7,9H2. The maximum Gasteiger partial charge on any atom is 0.430 e. The van der Waals surface area contributed by atoms with Crippen molar-refractivity contribution in [3.8, 4) is 0 Å². The van der Waals surface area contributed by atoms with Crippen molar-refractivity contribution >= 4 is 140 Å². The smallest absolute Gasteiger partial charge is 0.430 e. The van der Waals surface area contributed by atoms with Gasteiger partial charge in [-0.25, -0.2) is 67.4 Å². The van der Waals surface area contributed by atoms with Gasteiger partial charge in [0.05, 0.1) is 43.0 Å². The van der Waals surface area contributed by atoms with Crippen LogP contribution in [0.3, 0.4) is 0 Å². The molecule has 3 aromatic heterocycles. The molecule has 0 saturated carbocycles. The number of aromatic nitrogens is 3. The van der Waals surface area contributed by atoms with E-state index in [0.717, 1.165) is 118 Å². The number of carbonyl (C=O) groups is 2. The minimum absolute atomic E-state index is 0.0304. The molecule has 6 fully saturated rings. The van der Waals surface area contributed by atoms with Gasteiger partial charge in [0.2, 0.25) is 0 Å². The number of amides is 2. The van der Waals surface area contributed by atoms with E-state index in [2.05, 4.69) is 45.0 Å². The third-order valence-electron chi connectivity index (χ3n) is 17.4. The summed E-state index contributed by atoms with van der Waals surface area (Å²) >= 11 is 21.6. The summed E-state index contributed by atoms with van der Waals surface area (Å²) in [5, 5.41) is 10.2. The fourth-order valence-electron chi connectivity index (χ4n) is 13.0. The predicted molar refractivity (Wildman–Crippen MR) is 367 cm³/mol. The minimum Gasteiger partial charge on any atom is -0.443 e. The zero-order chi connectivity index (χ0) is 69.8. The van der Waals surface area contributed by atoms with Crippen LogP contribution in [0.1, 0.15) is 119 Å². The number of anilines is 5. The van der Waals surface area contributed by atoms with Crippen molar-refractivity contribution < 1.29 is 61.9 Å². The summed E-state index contributed by atoms with van der Waals surface area (Å²) in [5.41, 5.74) is 9.24. The fraction of sp³-hybridized carbons (Fsp3) is 0.525. The van der Waals surface area contributed by atoms with E-state index in [1.807, 2.05) is 0 Å². The molecular weight excluding hydrogens is 1440 g/mol. The van der Waals surface area contributed by atoms with Crippen molar-refractivity contribution in [2.24, 2.45) is 5.73 Å². The fourth-order valence-corrected chi connectivity index (χ4v) is 19.4. The zero-order valence-corrected chi connectivity index (χ0v) is 60.8. The molecule has 35 heteroatoms. The third kappa shape index (κ3) is 17.1. The highest BCUT2D eigenvalue weighted by Crippen LogP contribution is 2.43. The summed E-state index contributed by atoms with van der Waals surface area (Å²) in [6.07, 6.45) is 11.9. The van der Waals surface area contributed by atoms with Crippen molar-refractivity contribution in [2.45, 2.75) is 161 Å². The van der Waals surface area contributed by atoms with Gasteiger partial charge in [-0.1, -0.05) is 34.8 Å². The Kier molecular flexibility index (Phi) is 23.7. The molecule has 2 amide bonds. The maximum absolute atomic E-state index is 15.2. The number of benzene rings is 3. The molecule has 6 aromatic rings. The maximum atomic E-state index is 15.2. The topological polar surface area (TPSA) is 272 Å². The van der Waals surface area contributed by atoms with Gasteiger partial charge in [0, 0.05) is 58.5 Å². The number of halogens is 7. The number of sulfonamides is 3. The number of rotatable bonds is 16. The number of nitrogens with zero attached hydrogens (tertiary/aromatic N) is 8. The van der Waals surface area contributed by atoms with E-state index < -0.39 is 96.4 Å². The van der Waals surface area contributed by atoms with Gasteiger partial charge in [0.25, 0.3) is 30.1 Å². The van der Waals surface area contributed by atoms with Crippen molar-refractivity contribution in [3.05, 3.63) is 107 Å². The molecule has 6 saturated heterocycles. The van der Waals surface area contributed by atoms with Crippen LogP contribution < -0.4 is 29.7 Å². The lowest BCUT2D eigenvalue weighted by molar-refractivity contribution is 0.0596. The van der Waals surface area contributed by atoms with E-state index in [4.69, 9.17) is 50.0 Å². The molecule has 6 aliphatic heterocycles. The van der Waals surface area contributed by atoms with E-state index >= 15 is 4.39 Å². The average Bonchev–Trinajstić information content (AvgIpc) is 0.850. The SMILES string of the molecule is CC(C)(C)OC(=O)N(c1cscn1)S(=O)(=O)c1cc(Cl)c(F)cc1F.CC(C)(C)OC(=O)N(c1cscn1)S(=O)(=O)c1cc(Cl)c(NCC23CCCN2CCC3)cc1F.NCC12CCCN1CCC2.O=S(=O)(Nc1cscn1)c1cc(Cl)c(NCC23CCCN2CCC3)cc1F. The summed E-state index contributed by atoms with van der Waals surface area (Å²) in [4.78, 5) is 42.1. The first-order chi connectivity index (χ1) is 45.1. The van der Waals surface area contributed by atoms with E-state index in [-0.39, 0.29) is 42.9 Å². The Morgan fingerprint density at radius 3 is 1.25 bits per heavy atom. The number of carbonyl (C=O) groups excluding carboxylic acids is 2. The van der Waals surface area contributed by atoms with Crippen LogP contribution in [0.4, 0.5) is 56.0 Å². The lowest BCUT2D eigenvalue weighted by atomic mass is 9.94. The van der Waals surface area contributed by atoms with E-state index in [9.17, 15) is 48.0 Å². The van der Waals surface area contributed by atoms with Gasteiger partial charge in [-0.2, -0.15) is 0 Å². The number of hydrogen-bond donors (Lipinski definition) is 4. The molecule has 22 nitrogen and oxygen atoms in total. The Balaban J connectivity index is 0.000000159. The first-order valence-corrected chi connectivity index (χ1v) is 39.3. The summed E-state index contributed by atoms with van der Waals surface area (Å²) in [6.45, 7) is 18.5. The molecule has 3 aromatic carbocycles. The Bertz CT molecular complexity index is 4050. The second kappa shape index (κ2) is 30.3. The van der Waals surface area contributed by atoms with Gasteiger partial charge in [-0.3, -0.25) is 19.4 Å². The number of nitrogens with two attached hydrogens (primary N) is 1. The first-order valence-electron chi connectivity index (χ1n) is 30.9. The molecule has 9 heterocycles. The summed E-state index contributed by atoms with van der Waals surface area (Å²) < 4.78 is 148. The number of fused-ring (bicyclic) bond motifs is 3. The molecule has 0 aliphatic carbocycles. The van der Waals surface area contributed by atoms with E-state index in [1.165, 1.54) is 116 Å². The Hall–Kier alpha value is -5.23. The molecule has 6 aliphatic rings. The Morgan fingerprint density at radius 2 is 0.885 bits per heavy atom. The highest BCUT2D eigenvalue weighted by atomic mass is 35.5. The van der Waals surface area contributed by atoms with Gasteiger partial charge >= 0.3 is 12.2 Å². The van der Waals surface area contributed by atoms with Gasteiger partial charge in [-0.05, 0) is 188 Å². The van der Waals surface area contributed by atoms with Crippen LogP contribution in [0.5, 0.6) is 0 Å². The molecule has 0 atom stereocenters. The van der Waals surface area contributed by atoms with Crippen molar-refractivity contribution in [3.63, 3.8) is 0 Å². The van der Waals surface area contributed by atoms with Crippen LogP contribution in [0, 0.1) is 23.3 Å². The minimum atomic E-state index is -4.79. The largest absolute Gasteiger partial charge is 0.443 e. The molecule has 0 unspecified atom stereocenters. The second-order valence-corrected chi connectivity index (χ2v) is 34.6. The molecule has 5 N–H and O–H groups in total. The molecule has 0 spiro atoms. The van der Waals surface area contributed by atoms with Gasteiger partial charge in [0.15, 0.2) is 17.5 Å². The van der Waals surface area contributed by atoms with E-state index in [1.54, 1.807) is 20.8 Å². The van der Waals surface area contributed by atoms with Crippen LogP contribution in [-0.4, -0.2) is 154 Å². The Morgan fingerprint density at radius 1 is 0.531 bits per heavy atom. The molecule has 526 valence electrons. The third-order valence-corrected chi connectivity index (χ3v) is 24.8. The van der Waals surface area contributed by atoms with Crippen molar-refractivity contribution in [1.82, 2.24) is 29.7 Å². The molecule has 96 heavy (non-hydrogen) atoms. The summed E-state index contributed by atoms with van der Waals surface area (Å²) in [7, 11) is -13.6.